The van der Waals surface area contributed by atoms with Crippen LogP contribution in [0.25, 0.3) is 22.6 Å². The molecule has 24 heavy (non-hydrogen) atoms. The van der Waals surface area contributed by atoms with Gasteiger partial charge in [0.15, 0.2) is 16.9 Å². The van der Waals surface area contributed by atoms with Crippen molar-refractivity contribution in [2.24, 2.45) is 0 Å². The van der Waals surface area contributed by atoms with Gasteiger partial charge < -0.3 is 18.8 Å². The van der Waals surface area contributed by atoms with Crippen LogP contribution in [0, 0.1) is 0 Å². The summed E-state index contributed by atoms with van der Waals surface area (Å²) in [5.74, 6) is -0.532. The number of hydrogen-bond acceptors (Lipinski definition) is 6. The average Bonchev–Trinajstić information content (AvgIpc) is 2.46. The lowest BCUT2D eigenvalue weighted by molar-refractivity contribution is 0.386. The maximum Gasteiger partial charge on any atom is 0.446 e. The fourth-order valence-corrected chi connectivity index (χ4v) is 2.56. The van der Waals surface area contributed by atoms with Gasteiger partial charge in [0.25, 0.3) is 5.75 Å². The quantitative estimate of drug-likeness (QED) is 0.541. The predicted molar refractivity (Wildman–Crippen MR) is 83.9 cm³/mol. The summed E-state index contributed by atoms with van der Waals surface area (Å²) in [6.45, 7) is 0. The Morgan fingerprint density at radius 2 is 1.88 bits per heavy atom. The molecule has 1 aliphatic heterocycles. The first-order valence-electron chi connectivity index (χ1n) is 6.53. The Bertz CT molecular complexity index is 1050. The third kappa shape index (κ3) is 3.16. The van der Waals surface area contributed by atoms with E-state index < -0.39 is 15.8 Å². The molecule has 1 aliphatic carbocycles. The zero-order valence-corrected chi connectivity index (χ0v) is 12.7. The van der Waals surface area contributed by atoms with E-state index in [1.54, 1.807) is 0 Å². The van der Waals surface area contributed by atoms with Gasteiger partial charge in [-0.1, -0.05) is 12.1 Å². The molecule has 9 heteroatoms. The van der Waals surface area contributed by atoms with Crippen molar-refractivity contribution < 1.29 is 31.8 Å². The van der Waals surface area contributed by atoms with Crippen molar-refractivity contribution >= 4 is 10.4 Å². The van der Waals surface area contributed by atoms with E-state index in [-0.39, 0.29) is 39.9 Å². The van der Waals surface area contributed by atoms with Gasteiger partial charge in [-0.2, -0.15) is 8.42 Å². The SMILES string of the molecule is O=c1cc([OH2+])cc2oc(-c3cccc(OS(=O)(=O)O)c3)c(O)cc1-2. The third-order valence-electron chi connectivity index (χ3n) is 3.13. The molecule has 1 aromatic rings. The smallest absolute Gasteiger partial charge is 0.446 e. The highest BCUT2D eigenvalue weighted by Crippen LogP contribution is 2.37. The van der Waals surface area contributed by atoms with Crippen LogP contribution in [0.4, 0.5) is 0 Å². The molecule has 0 atom stereocenters. The van der Waals surface area contributed by atoms with Crippen LogP contribution in [0.15, 0.2) is 51.7 Å². The lowest BCUT2D eigenvalue weighted by Crippen LogP contribution is -2.06. The molecule has 4 N–H and O–H groups in total. The van der Waals surface area contributed by atoms with Crippen molar-refractivity contribution in [3.05, 3.63) is 52.7 Å². The maximum atomic E-state index is 11.8. The van der Waals surface area contributed by atoms with Gasteiger partial charge >= 0.3 is 10.4 Å². The summed E-state index contributed by atoms with van der Waals surface area (Å²) in [5, 5.41) is 17.6. The molecule has 0 unspecified atom stereocenters. The molecule has 0 aromatic heterocycles. The van der Waals surface area contributed by atoms with Crippen molar-refractivity contribution in [2.75, 3.05) is 0 Å². The number of rotatable bonds is 3. The highest BCUT2D eigenvalue weighted by molar-refractivity contribution is 7.81. The lowest BCUT2D eigenvalue weighted by Gasteiger charge is -2.10. The van der Waals surface area contributed by atoms with Crippen LogP contribution in [-0.2, 0) is 10.4 Å². The summed E-state index contributed by atoms with van der Waals surface area (Å²) < 4.78 is 40.1. The Kier molecular flexibility index (Phi) is 3.66. The van der Waals surface area contributed by atoms with E-state index in [9.17, 15) is 18.3 Å². The van der Waals surface area contributed by atoms with Gasteiger partial charge in [-0.25, -0.2) is 0 Å². The molecule has 1 aromatic carbocycles. The third-order valence-corrected chi connectivity index (χ3v) is 3.53. The van der Waals surface area contributed by atoms with Crippen LogP contribution in [-0.4, -0.2) is 23.2 Å². The first-order chi connectivity index (χ1) is 11.2. The first kappa shape index (κ1) is 15.8. The standard InChI is InChI=1S/C15H10O8S/c16-9-5-12(17)11-7-13(18)15(22-14(11)6-9)8-2-1-3-10(4-8)23-24(19,20)21/h1-7,16,18H,(H,19,20,21)/p+1. The van der Waals surface area contributed by atoms with E-state index in [0.717, 1.165) is 6.07 Å². The molecule has 1 heterocycles. The molecule has 2 aliphatic rings. The maximum absolute atomic E-state index is 11.8. The van der Waals surface area contributed by atoms with Crippen molar-refractivity contribution in [2.45, 2.75) is 0 Å². The normalized spacial score (nSPS) is 11.5. The summed E-state index contributed by atoms with van der Waals surface area (Å²) in [7, 11) is -4.69. The zero-order chi connectivity index (χ0) is 17.5. The Labute approximate surface area is 135 Å². The molecule has 0 radical (unpaired) electrons. The van der Waals surface area contributed by atoms with Gasteiger partial charge in [0.2, 0.25) is 0 Å². The van der Waals surface area contributed by atoms with Crippen LogP contribution in [0.1, 0.15) is 0 Å². The fourth-order valence-electron chi connectivity index (χ4n) is 2.21. The van der Waals surface area contributed by atoms with Crippen molar-refractivity contribution in [1.82, 2.24) is 0 Å². The summed E-state index contributed by atoms with van der Waals surface area (Å²) in [5.41, 5.74) is -0.109. The van der Waals surface area contributed by atoms with Crippen molar-refractivity contribution in [3.63, 3.8) is 0 Å². The van der Waals surface area contributed by atoms with Gasteiger partial charge in [-0.3, -0.25) is 9.35 Å². The summed E-state index contributed by atoms with van der Waals surface area (Å²) >= 11 is 0. The summed E-state index contributed by atoms with van der Waals surface area (Å²) in [4.78, 5) is 11.8. The molecule has 0 saturated carbocycles. The minimum Gasteiger partial charge on any atom is -0.593 e. The van der Waals surface area contributed by atoms with Crippen molar-refractivity contribution in [3.8, 4) is 39.9 Å². The molecule has 0 spiro atoms. The molecule has 8 nitrogen and oxygen atoms in total. The zero-order valence-electron chi connectivity index (χ0n) is 11.9. The monoisotopic (exact) mass is 351 g/mol. The molecule has 0 bridgehead atoms. The second-order valence-corrected chi connectivity index (χ2v) is 5.91. The Morgan fingerprint density at radius 3 is 2.58 bits per heavy atom. The molecule has 0 saturated heterocycles. The minimum atomic E-state index is -4.69. The van der Waals surface area contributed by atoms with E-state index >= 15 is 0 Å². The van der Waals surface area contributed by atoms with Gasteiger partial charge in [-0.05, 0) is 18.2 Å². The van der Waals surface area contributed by atoms with E-state index in [4.69, 9.17) is 14.1 Å². The molecular weight excluding hydrogens is 340 g/mol. The second kappa shape index (κ2) is 5.55. The highest BCUT2D eigenvalue weighted by atomic mass is 32.3. The van der Waals surface area contributed by atoms with E-state index in [1.165, 1.54) is 36.4 Å². The second-order valence-electron chi connectivity index (χ2n) is 4.89. The Hall–Kier alpha value is -3.04. The van der Waals surface area contributed by atoms with Gasteiger partial charge in [0.1, 0.15) is 11.5 Å². The average molecular weight is 351 g/mol. The Balaban J connectivity index is 2.17. The van der Waals surface area contributed by atoms with E-state index in [1.807, 2.05) is 0 Å². The van der Waals surface area contributed by atoms with E-state index in [0.29, 0.717) is 0 Å². The van der Waals surface area contributed by atoms with Crippen LogP contribution in [0.5, 0.6) is 17.2 Å². The molecule has 3 rings (SSSR count). The number of fused-ring (bicyclic) bond motifs is 1. The predicted octanol–water partition coefficient (Wildman–Crippen LogP) is 1.74. The summed E-state index contributed by atoms with van der Waals surface area (Å²) in [6.07, 6.45) is 0. The van der Waals surface area contributed by atoms with Crippen LogP contribution >= 0.6 is 0 Å². The first-order valence-corrected chi connectivity index (χ1v) is 7.89. The largest absolute Gasteiger partial charge is 0.593 e. The van der Waals surface area contributed by atoms with Crippen LogP contribution in [0.3, 0.4) is 0 Å². The minimum absolute atomic E-state index is 0.0450. The molecule has 0 fully saturated rings. The fraction of sp³-hybridized carbons (Fsp3) is 0. The lowest BCUT2D eigenvalue weighted by atomic mass is 10.1. The van der Waals surface area contributed by atoms with Gasteiger partial charge in [-0.15, -0.1) is 0 Å². The number of benzene rings is 2. The summed E-state index contributed by atoms with van der Waals surface area (Å²) in [6, 6.07) is 9.05. The van der Waals surface area contributed by atoms with Gasteiger partial charge in [0, 0.05) is 5.56 Å². The van der Waals surface area contributed by atoms with Crippen LogP contribution < -0.4 is 9.61 Å². The van der Waals surface area contributed by atoms with Crippen molar-refractivity contribution in [1.29, 1.82) is 0 Å². The highest BCUT2D eigenvalue weighted by Gasteiger charge is 2.19. The number of aromatic hydroxyl groups is 1. The van der Waals surface area contributed by atoms with Crippen LogP contribution in [0.2, 0.25) is 0 Å². The van der Waals surface area contributed by atoms with Gasteiger partial charge in [0.05, 0.1) is 17.7 Å². The molecule has 0 amide bonds. The molecular formula is C15H11O8S+. The Morgan fingerprint density at radius 1 is 1.12 bits per heavy atom. The number of hydrogen-bond donors (Lipinski definition) is 2. The van der Waals surface area contributed by atoms with E-state index in [2.05, 4.69) is 4.18 Å². The topological polar surface area (TPSA) is 137 Å². The molecule has 124 valence electrons.